The van der Waals surface area contributed by atoms with E-state index < -0.39 is 24.1 Å². The molecule has 1 saturated heterocycles. The van der Waals surface area contributed by atoms with Crippen molar-refractivity contribution in [1.82, 2.24) is 0 Å². The summed E-state index contributed by atoms with van der Waals surface area (Å²) in [7, 11) is 5.51. The Morgan fingerprint density at radius 1 is 1.17 bits per heavy atom. The van der Waals surface area contributed by atoms with Crippen molar-refractivity contribution in [3.05, 3.63) is 35.6 Å². The maximum Gasteiger partial charge on any atom is 0 e. The third-order valence-electron chi connectivity index (χ3n) is 5.15. The maximum absolute atomic E-state index is 14.7. The van der Waals surface area contributed by atoms with Gasteiger partial charge < -0.3 is 0 Å². The van der Waals surface area contributed by atoms with Gasteiger partial charge in [-0.2, -0.15) is 0 Å². The van der Waals surface area contributed by atoms with Crippen LogP contribution in [0.25, 0.3) is 10.8 Å². The zero-order valence-corrected chi connectivity index (χ0v) is 23.4. The van der Waals surface area contributed by atoms with Gasteiger partial charge in [-0.3, -0.25) is 0 Å². The second-order valence-corrected chi connectivity index (χ2v) is 8.53. The minimum Gasteiger partial charge on any atom is 0 e. The van der Waals surface area contributed by atoms with Gasteiger partial charge in [-0.25, -0.2) is 0 Å². The number of hydrogen-bond acceptors (Lipinski definition) is 5. The molecular weight excluding hydrogens is 601 g/mol. The smallest absolute Gasteiger partial charge is 0 e. The second kappa shape index (κ2) is 9.84. The Hall–Kier alpha value is -0.363. The van der Waals surface area contributed by atoms with E-state index in [4.69, 9.17) is 18.8 Å². The van der Waals surface area contributed by atoms with Crippen molar-refractivity contribution < 1.29 is 23.2 Å². The fraction of sp³-hybridized carbons (Fsp3) is 0.400. The summed E-state index contributed by atoms with van der Waals surface area (Å²) in [5.74, 6) is 3.06. The quantitative estimate of drug-likeness (QED) is 0.131. The number of benzene rings is 2. The molecular formula is C20H22BFO4PSTl-. The van der Waals surface area contributed by atoms with Crippen molar-refractivity contribution in [2.45, 2.75) is 38.9 Å². The standard InChI is InChI=1S/C20H22BFO4PS.Tl/c1-19(2)20(3,4)26-21(25-19)16-11-14(24-12-23-5)10-13-6-7-17(22)15(18(13)16)8-9-28-27;/h6-7,10-11,28H,12H2,1-5H3;/q-1;. The molecule has 3 rings (SSSR count). The monoisotopic (exact) mass is 624 g/mol. The van der Waals surface area contributed by atoms with Gasteiger partial charge in [0, 0.05) is 27.3 Å². The molecule has 1 radical (unpaired) electrons. The largest absolute Gasteiger partial charge is 0 e. The molecule has 1 fully saturated rings. The van der Waals surface area contributed by atoms with Crippen molar-refractivity contribution in [2.24, 2.45) is 0 Å². The number of methoxy groups -OCH3 is 1. The van der Waals surface area contributed by atoms with Gasteiger partial charge in [-0.1, -0.05) is 0 Å². The van der Waals surface area contributed by atoms with E-state index in [0.29, 0.717) is 32.9 Å². The van der Waals surface area contributed by atoms with Crippen LogP contribution in [-0.2, 0) is 24.8 Å². The molecule has 29 heavy (non-hydrogen) atoms. The zero-order valence-electron chi connectivity index (χ0n) is 17.1. The van der Waals surface area contributed by atoms with Crippen LogP contribution in [0.15, 0.2) is 24.3 Å². The van der Waals surface area contributed by atoms with Gasteiger partial charge >= 0.3 is 170 Å². The molecule has 2 aromatic carbocycles. The normalized spacial score (nSPS) is 16.8. The number of thiol groups is 1. The summed E-state index contributed by atoms with van der Waals surface area (Å²) in [4.78, 5) is 0. The van der Waals surface area contributed by atoms with Crippen LogP contribution in [-0.4, -0.2) is 59.5 Å². The summed E-state index contributed by atoms with van der Waals surface area (Å²) in [5.41, 5.74) is -0.101. The molecule has 151 valence electrons. The van der Waals surface area contributed by atoms with Crippen molar-refractivity contribution in [2.75, 3.05) is 13.9 Å². The fourth-order valence-electron chi connectivity index (χ4n) is 3.01. The van der Waals surface area contributed by atoms with Crippen LogP contribution in [0.4, 0.5) is 4.39 Å². The van der Waals surface area contributed by atoms with E-state index in [9.17, 15) is 4.39 Å². The van der Waals surface area contributed by atoms with E-state index >= 15 is 0 Å². The number of fused-ring (bicyclic) bond motifs is 1. The third-order valence-corrected chi connectivity index (χ3v) is 5.66. The van der Waals surface area contributed by atoms with E-state index in [0.717, 1.165) is 5.39 Å². The molecule has 4 nitrogen and oxygen atoms in total. The maximum atomic E-state index is 14.7. The summed E-state index contributed by atoms with van der Waals surface area (Å²) < 4.78 is 37.7. The molecule has 2 aromatic rings. The second-order valence-electron chi connectivity index (χ2n) is 7.51. The van der Waals surface area contributed by atoms with Crippen LogP contribution in [0.2, 0.25) is 0 Å². The summed E-state index contributed by atoms with van der Waals surface area (Å²) >= 11 is 0. The Morgan fingerprint density at radius 3 is 2.41 bits per heavy atom. The first-order valence-corrected chi connectivity index (χ1v) is 10.8. The molecule has 0 saturated carbocycles. The molecule has 1 aliphatic rings. The predicted octanol–water partition coefficient (Wildman–Crippen LogP) is 3.33. The van der Waals surface area contributed by atoms with Crippen LogP contribution in [0.1, 0.15) is 33.3 Å². The van der Waals surface area contributed by atoms with Crippen molar-refractivity contribution in [3.8, 4) is 16.9 Å². The average Bonchev–Trinajstić information content (AvgIpc) is 2.86. The Bertz CT molecular complexity index is 1010. The number of hydrogen-bond donors (Lipinski definition) is 0. The van der Waals surface area contributed by atoms with Crippen LogP contribution < -0.4 is 10.2 Å². The van der Waals surface area contributed by atoms with Crippen LogP contribution in [0.5, 0.6) is 5.75 Å². The Morgan fingerprint density at radius 2 is 1.83 bits per heavy atom. The number of halogens is 1. The molecule has 0 amide bonds. The molecule has 0 N–H and O–H groups in total. The Labute approximate surface area is 196 Å². The van der Waals surface area contributed by atoms with Gasteiger partial charge in [0.1, 0.15) is 0 Å². The van der Waals surface area contributed by atoms with Gasteiger partial charge in [0.25, 0.3) is 0 Å². The molecule has 0 atom stereocenters. The minimum atomic E-state index is -0.686. The van der Waals surface area contributed by atoms with E-state index in [1.165, 1.54) is 6.07 Å². The van der Waals surface area contributed by atoms with Gasteiger partial charge in [0.15, 0.2) is 0 Å². The number of ether oxygens (including phenoxy) is 2. The fourth-order valence-corrected chi connectivity index (χ4v) is 3.33. The molecule has 9 heteroatoms. The molecule has 0 aromatic heterocycles. The first-order valence-electron chi connectivity index (χ1n) is 8.79. The van der Waals surface area contributed by atoms with E-state index in [-0.39, 0.29) is 34.1 Å². The van der Waals surface area contributed by atoms with E-state index in [1.54, 1.807) is 19.2 Å². The first-order chi connectivity index (χ1) is 13.2. The molecule has 1 aliphatic heterocycles. The predicted molar refractivity (Wildman–Crippen MR) is 120 cm³/mol. The molecule has 0 bridgehead atoms. The van der Waals surface area contributed by atoms with Gasteiger partial charge in [-0.05, 0) is 0 Å². The van der Waals surface area contributed by atoms with E-state index in [2.05, 4.69) is 19.0 Å². The molecule has 0 spiro atoms. The van der Waals surface area contributed by atoms with Crippen LogP contribution in [0, 0.1) is 17.0 Å². The van der Waals surface area contributed by atoms with Crippen molar-refractivity contribution in [1.29, 1.82) is 0 Å². The van der Waals surface area contributed by atoms with Gasteiger partial charge in [0.05, 0.1) is 0 Å². The topological polar surface area (TPSA) is 36.9 Å². The number of rotatable bonds is 4. The van der Waals surface area contributed by atoms with Crippen LogP contribution >= 0.6 is 7.81 Å². The zero-order chi connectivity index (χ0) is 20.5. The Kier molecular flexibility index (Phi) is 8.45. The van der Waals surface area contributed by atoms with Crippen molar-refractivity contribution >= 4 is 69.2 Å². The first kappa shape index (κ1) is 24.9. The van der Waals surface area contributed by atoms with Gasteiger partial charge in [0.2, 0.25) is 0 Å². The molecule has 0 aliphatic carbocycles. The third kappa shape index (κ3) is 5.11. The summed E-state index contributed by atoms with van der Waals surface area (Å²) in [6.07, 6.45) is 0. The molecule has 0 unspecified atom stereocenters. The summed E-state index contributed by atoms with van der Waals surface area (Å²) in [5, 5.41) is 4.23. The van der Waals surface area contributed by atoms with Crippen LogP contribution in [0.3, 0.4) is 0 Å². The minimum absolute atomic E-state index is 0. The SMILES string of the molecule is COCOc1cc(B2OC(C)(C)C(C)(C)O2)c2c(C#C[SH-]#P)c(F)ccc2c1.[Tl]. The van der Waals surface area contributed by atoms with Gasteiger partial charge in [-0.15, -0.1) is 0 Å². The van der Waals surface area contributed by atoms with E-state index in [1.807, 2.05) is 33.8 Å². The summed E-state index contributed by atoms with van der Waals surface area (Å²) in [6, 6.07) is 6.72. The van der Waals surface area contributed by atoms with Crippen molar-refractivity contribution in [3.63, 3.8) is 0 Å². The Balaban J connectivity index is 0.00000300. The summed E-state index contributed by atoms with van der Waals surface area (Å²) in [6.45, 7) is 7.99. The average molecular weight is 624 g/mol. The molecule has 1 heterocycles.